The van der Waals surface area contributed by atoms with Crippen molar-refractivity contribution >= 4 is 0 Å². The van der Waals surface area contributed by atoms with E-state index in [2.05, 4.69) is 74.6 Å². The minimum Gasteiger partial charge on any atom is -0.313 e. The Bertz CT molecular complexity index is 523. The maximum atomic E-state index is 3.42. The van der Waals surface area contributed by atoms with Crippen LogP contribution in [0.3, 0.4) is 0 Å². The minimum atomic E-state index is 0.375. The molecule has 0 heterocycles. The summed E-state index contributed by atoms with van der Waals surface area (Å²) in [7, 11) is 2.03. The van der Waals surface area contributed by atoms with E-state index in [1.807, 2.05) is 7.05 Å². The van der Waals surface area contributed by atoms with Crippen LogP contribution in [0.1, 0.15) is 48.1 Å². The van der Waals surface area contributed by atoms with Crippen molar-refractivity contribution in [3.05, 3.63) is 70.8 Å². The van der Waals surface area contributed by atoms with Crippen molar-refractivity contribution in [2.45, 2.75) is 39.2 Å². The first-order valence-electron chi connectivity index (χ1n) is 7.43. The monoisotopic (exact) mass is 267 g/mol. The normalized spacial score (nSPS) is 12.7. The molecule has 0 spiro atoms. The molecule has 0 amide bonds. The molecule has 1 unspecified atom stereocenters. The molecule has 1 N–H and O–H groups in total. The summed E-state index contributed by atoms with van der Waals surface area (Å²) in [6.45, 7) is 6.60. The fraction of sp³-hybridized carbons (Fsp3) is 0.368. The molecule has 0 fully saturated rings. The SMILES string of the molecule is CNC(Cc1ccc(C(C)C)cc1)c1ccc(C)cc1. The van der Waals surface area contributed by atoms with Crippen molar-refractivity contribution in [2.75, 3.05) is 7.05 Å². The van der Waals surface area contributed by atoms with Crippen LogP contribution in [0.5, 0.6) is 0 Å². The maximum Gasteiger partial charge on any atom is 0.0358 e. The summed E-state index contributed by atoms with van der Waals surface area (Å²) in [6, 6.07) is 18.2. The van der Waals surface area contributed by atoms with E-state index in [0.717, 1.165) is 6.42 Å². The van der Waals surface area contributed by atoms with Gasteiger partial charge in [-0.1, -0.05) is 67.9 Å². The molecule has 2 rings (SSSR count). The van der Waals surface area contributed by atoms with Crippen LogP contribution in [-0.4, -0.2) is 7.05 Å². The molecule has 1 nitrogen and oxygen atoms in total. The van der Waals surface area contributed by atoms with Crippen LogP contribution in [0.4, 0.5) is 0 Å². The van der Waals surface area contributed by atoms with Gasteiger partial charge in [0.1, 0.15) is 0 Å². The van der Waals surface area contributed by atoms with Crippen LogP contribution >= 0.6 is 0 Å². The van der Waals surface area contributed by atoms with E-state index in [9.17, 15) is 0 Å². The zero-order valence-electron chi connectivity index (χ0n) is 13.0. The number of rotatable bonds is 5. The molecule has 0 bridgehead atoms. The smallest absolute Gasteiger partial charge is 0.0358 e. The lowest BCUT2D eigenvalue weighted by Gasteiger charge is -2.17. The second kappa shape index (κ2) is 6.71. The zero-order valence-corrected chi connectivity index (χ0v) is 13.0. The zero-order chi connectivity index (χ0) is 14.5. The van der Waals surface area contributed by atoms with E-state index in [-0.39, 0.29) is 0 Å². The standard InChI is InChI=1S/C19H25N/c1-14(2)17-11-7-16(8-12-17)13-19(20-4)18-9-5-15(3)6-10-18/h5-12,14,19-20H,13H2,1-4H3. The predicted octanol–water partition coefficient (Wildman–Crippen LogP) is 4.62. The van der Waals surface area contributed by atoms with Crippen molar-refractivity contribution in [1.82, 2.24) is 5.32 Å². The van der Waals surface area contributed by atoms with Gasteiger partial charge in [0.15, 0.2) is 0 Å². The highest BCUT2D eigenvalue weighted by atomic mass is 14.9. The Hall–Kier alpha value is -1.60. The summed E-state index contributed by atoms with van der Waals surface area (Å²) >= 11 is 0. The molecule has 0 aliphatic rings. The van der Waals surface area contributed by atoms with Crippen LogP contribution < -0.4 is 5.32 Å². The van der Waals surface area contributed by atoms with Gasteiger partial charge >= 0.3 is 0 Å². The third-order valence-corrected chi connectivity index (χ3v) is 3.91. The molecule has 2 aromatic carbocycles. The van der Waals surface area contributed by atoms with Crippen molar-refractivity contribution in [2.24, 2.45) is 0 Å². The molecule has 0 saturated carbocycles. The van der Waals surface area contributed by atoms with Crippen molar-refractivity contribution in [3.63, 3.8) is 0 Å². The van der Waals surface area contributed by atoms with Crippen molar-refractivity contribution in [1.29, 1.82) is 0 Å². The lowest BCUT2D eigenvalue weighted by atomic mass is 9.96. The first kappa shape index (κ1) is 14.8. The average Bonchev–Trinajstić information content (AvgIpc) is 2.46. The highest BCUT2D eigenvalue weighted by Crippen LogP contribution is 2.21. The Kier molecular flexibility index (Phi) is 4.97. The molecule has 0 aliphatic heterocycles. The number of likely N-dealkylation sites (N-methyl/N-ethyl adjacent to an activating group) is 1. The predicted molar refractivity (Wildman–Crippen MR) is 87.2 cm³/mol. The fourth-order valence-corrected chi connectivity index (χ4v) is 2.46. The van der Waals surface area contributed by atoms with E-state index in [1.165, 1.54) is 22.3 Å². The van der Waals surface area contributed by atoms with Gasteiger partial charge in [-0.25, -0.2) is 0 Å². The second-order valence-corrected chi connectivity index (χ2v) is 5.85. The van der Waals surface area contributed by atoms with Gasteiger partial charge in [-0.05, 0) is 43.0 Å². The molecule has 0 aromatic heterocycles. The number of hydrogen-bond donors (Lipinski definition) is 1. The molecule has 0 saturated heterocycles. The lowest BCUT2D eigenvalue weighted by molar-refractivity contribution is 0.592. The largest absolute Gasteiger partial charge is 0.313 e. The van der Waals surface area contributed by atoms with E-state index in [4.69, 9.17) is 0 Å². The van der Waals surface area contributed by atoms with Gasteiger partial charge in [0.2, 0.25) is 0 Å². The molecule has 0 radical (unpaired) electrons. The molecule has 106 valence electrons. The highest BCUT2D eigenvalue weighted by molar-refractivity contribution is 5.29. The molecule has 20 heavy (non-hydrogen) atoms. The fourth-order valence-electron chi connectivity index (χ4n) is 2.46. The van der Waals surface area contributed by atoms with Crippen molar-refractivity contribution < 1.29 is 0 Å². The van der Waals surface area contributed by atoms with Crippen molar-refractivity contribution in [3.8, 4) is 0 Å². The second-order valence-electron chi connectivity index (χ2n) is 5.85. The van der Waals surface area contributed by atoms with Crippen LogP contribution in [0.25, 0.3) is 0 Å². The molecular weight excluding hydrogens is 242 g/mol. The van der Waals surface area contributed by atoms with Crippen LogP contribution in [-0.2, 0) is 6.42 Å². The number of nitrogens with one attached hydrogen (secondary N) is 1. The summed E-state index contributed by atoms with van der Waals surface area (Å²) in [5, 5.41) is 3.42. The highest BCUT2D eigenvalue weighted by Gasteiger charge is 2.10. The Labute approximate surface area is 123 Å². The van der Waals surface area contributed by atoms with Gasteiger partial charge in [0, 0.05) is 6.04 Å². The first-order chi connectivity index (χ1) is 9.60. The molecule has 1 atom stereocenters. The van der Waals surface area contributed by atoms with Gasteiger partial charge in [0.25, 0.3) is 0 Å². The summed E-state index contributed by atoms with van der Waals surface area (Å²) in [5.74, 6) is 0.598. The average molecular weight is 267 g/mol. The molecule has 0 aliphatic carbocycles. The van der Waals surface area contributed by atoms with Crippen LogP contribution in [0.2, 0.25) is 0 Å². The third-order valence-electron chi connectivity index (χ3n) is 3.91. The topological polar surface area (TPSA) is 12.0 Å². The first-order valence-corrected chi connectivity index (χ1v) is 7.43. The van der Waals surface area contributed by atoms with Crippen LogP contribution in [0, 0.1) is 6.92 Å². The van der Waals surface area contributed by atoms with Gasteiger partial charge in [-0.2, -0.15) is 0 Å². The van der Waals surface area contributed by atoms with Gasteiger partial charge in [-0.3, -0.25) is 0 Å². The molecular formula is C19H25N. The number of hydrogen-bond acceptors (Lipinski definition) is 1. The summed E-state index contributed by atoms with van der Waals surface area (Å²) in [4.78, 5) is 0. The third kappa shape index (κ3) is 3.71. The van der Waals surface area contributed by atoms with E-state index in [0.29, 0.717) is 12.0 Å². The van der Waals surface area contributed by atoms with Crippen LogP contribution in [0.15, 0.2) is 48.5 Å². The van der Waals surface area contributed by atoms with Gasteiger partial charge in [-0.15, -0.1) is 0 Å². The van der Waals surface area contributed by atoms with Gasteiger partial charge < -0.3 is 5.32 Å². The van der Waals surface area contributed by atoms with Gasteiger partial charge in [0.05, 0.1) is 0 Å². The quantitative estimate of drug-likeness (QED) is 0.833. The number of benzene rings is 2. The van der Waals surface area contributed by atoms with E-state index >= 15 is 0 Å². The maximum absolute atomic E-state index is 3.42. The summed E-state index contributed by atoms with van der Waals surface area (Å²) in [5.41, 5.74) is 5.45. The Morgan fingerprint density at radius 2 is 1.40 bits per heavy atom. The Balaban J connectivity index is 2.11. The Morgan fingerprint density at radius 3 is 1.90 bits per heavy atom. The Morgan fingerprint density at radius 1 is 0.850 bits per heavy atom. The van der Waals surface area contributed by atoms with E-state index in [1.54, 1.807) is 0 Å². The summed E-state index contributed by atoms with van der Waals surface area (Å²) in [6.07, 6.45) is 1.03. The van der Waals surface area contributed by atoms with E-state index < -0.39 is 0 Å². The molecule has 1 heteroatoms. The lowest BCUT2D eigenvalue weighted by Crippen LogP contribution is -2.18. The number of aryl methyl sites for hydroxylation is 1. The molecule has 2 aromatic rings. The summed E-state index contributed by atoms with van der Waals surface area (Å²) < 4.78 is 0. The minimum absolute atomic E-state index is 0.375.